The molecule has 4 aromatic rings. The van der Waals surface area contributed by atoms with E-state index < -0.39 is 5.91 Å². The van der Waals surface area contributed by atoms with Crippen LogP contribution in [0.25, 0.3) is 10.9 Å². The van der Waals surface area contributed by atoms with Gasteiger partial charge in [0, 0.05) is 43.1 Å². The Balaban J connectivity index is 1.80. The molecule has 192 valence electrons. The summed E-state index contributed by atoms with van der Waals surface area (Å²) >= 11 is 0. The average molecular weight is 500 g/mol. The molecule has 0 spiro atoms. The molecule has 1 saturated carbocycles. The lowest BCUT2D eigenvalue weighted by atomic mass is 10.1. The summed E-state index contributed by atoms with van der Waals surface area (Å²) in [5.74, 6) is 0.278. The zero-order valence-electron chi connectivity index (χ0n) is 21.6. The first-order valence-corrected chi connectivity index (χ1v) is 12.8. The van der Waals surface area contributed by atoms with Gasteiger partial charge in [-0.15, -0.1) is 0 Å². The summed E-state index contributed by atoms with van der Waals surface area (Å²) in [6.45, 7) is 4.64. The number of fused-ring (bicyclic) bond motifs is 1. The van der Waals surface area contributed by atoms with E-state index in [1.54, 1.807) is 19.2 Å². The maximum Gasteiger partial charge on any atom is 0.331 e. The zero-order chi connectivity index (χ0) is 26.3. The van der Waals surface area contributed by atoms with E-state index in [-0.39, 0.29) is 23.3 Å². The first-order chi connectivity index (χ1) is 17.8. The van der Waals surface area contributed by atoms with Gasteiger partial charge in [0.25, 0.3) is 5.56 Å². The Hall–Kier alpha value is -4.07. The van der Waals surface area contributed by atoms with Crippen molar-refractivity contribution >= 4 is 28.3 Å². The van der Waals surface area contributed by atoms with Gasteiger partial charge in [0.15, 0.2) is 0 Å². The molecule has 2 aromatic carbocycles. The second kappa shape index (κ2) is 9.76. The summed E-state index contributed by atoms with van der Waals surface area (Å²) in [6, 6.07) is 17.3. The zero-order valence-corrected chi connectivity index (χ0v) is 21.6. The molecule has 8 heteroatoms. The summed E-state index contributed by atoms with van der Waals surface area (Å²) in [5, 5.41) is 0.542. The van der Waals surface area contributed by atoms with E-state index in [9.17, 15) is 14.4 Å². The predicted molar refractivity (Wildman–Crippen MR) is 147 cm³/mol. The van der Waals surface area contributed by atoms with Crippen LogP contribution in [-0.2, 0) is 13.6 Å². The monoisotopic (exact) mass is 499 g/mol. The van der Waals surface area contributed by atoms with Crippen LogP contribution in [0.15, 0.2) is 70.4 Å². The average Bonchev–Trinajstić information content (AvgIpc) is 3.53. The molecule has 5 rings (SSSR count). The summed E-state index contributed by atoms with van der Waals surface area (Å²) in [5.41, 5.74) is 7.89. The minimum absolute atomic E-state index is 0.0352. The number of anilines is 2. The van der Waals surface area contributed by atoms with Crippen LogP contribution in [-0.4, -0.2) is 25.7 Å². The number of primary amides is 1. The lowest BCUT2D eigenvalue weighted by Gasteiger charge is -2.30. The standard InChI is InChI=1S/C29H33N5O3/c1-19(2)33(22-9-5-4-6-10-22)27-25-24(18-32(27)17-20-13-15-21(16-14-20)26(30)35)34(23-11-7-8-12-23)29(37)31(3)28(25)36/h4-6,9-10,13-16,18-19,23H,7-8,11-12,17H2,1-3H3,(H2,30,35). The Kier molecular flexibility index (Phi) is 6.50. The Bertz CT molecular complexity index is 1560. The predicted octanol–water partition coefficient (Wildman–Crippen LogP) is 4.31. The van der Waals surface area contributed by atoms with Crippen LogP contribution in [0.5, 0.6) is 0 Å². The van der Waals surface area contributed by atoms with Gasteiger partial charge < -0.3 is 15.2 Å². The number of amides is 1. The first-order valence-electron chi connectivity index (χ1n) is 12.8. The normalized spacial score (nSPS) is 14.1. The molecule has 1 aliphatic carbocycles. The lowest BCUT2D eigenvalue weighted by Crippen LogP contribution is -2.39. The van der Waals surface area contributed by atoms with Crippen molar-refractivity contribution in [1.29, 1.82) is 0 Å². The van der Waals surface area contributed by atoms with E-state index >= 15 is 0 Å². The van der Waals surface area contributed by atoms with Gasteiger partial charge in [-0.25, -0.2) is 4.79 Å². The van der Waals surface area contributed by atoms with Crippen molar-refractivity contribution in [3.63, 3.8) is 0 Å². The van der Waals surface area contributed by atoms with Gasteiger partial charge >= 0.3 is 5.69 Å². The van der Waals surface area contributed by atoms with Crippen LogP contribution in [0.4, 0.5) is 11.5 Å². The Morgan fingerprint density at radius 1 is 1.03 bits per heavy atom. The first kappa shape index (κ1) is 24.6. The molecule has 1 amide bonds. The third-order valence-corrected chi connectivity index (χ3v) is 7.36. The van der Waals surface area contributed by atoms with Crippen LogP contribution < -0.4 is 21.9 Å². The molecule has 8 nitrogen and oxygen atoms in total. The molecule has 37 heavy (non-hydrogen) atoms. The van der Waals surface area contributed by atoms with Gasteiger partial charge in [0.05, 0.1) is 5.52 Å². The van der Waals surface area contributed by atoms with Gasteiger partial charge in [-0.3, -0.25) is 18.7 Å². The van der Waals surface area contributed by atoms with Crippen LogP contribution in [0, 0.1) is 0 Å². The molecule has 0 aliphatic heterocycles. The Morgan fingerprint density at radius 2 is 1.68 bits per heavy atom. The van der Waals surface area contributed by atoms with Gasteiger partial charge in [-0.1, -0.05) is 43.2 Å². The highest BCUT2D eigenvalue weighted by molar-refractivity contribution is 5.94. The summed E-state index contributed by atoms with van der Waals surface area (Å²) in [6.07, 6.45) is 5.95. The molecular weight excluding hydrogens is 466 g/mol. The molecular formula is C29H33N5O3. The molecule has 2 heterocycles. The van der Waals surface area contributed by atoms with E-state index in [0.717, 1.165) is 42.8 Å². The van der Waals surface area contributed by atoms with E-state index in [1.165, 1.54) is 4.57 Å². The number of rotatable bonds is 7. The molecule has 0 bridgehead atoms. The number of nitrogens with two attached hydrogens (primary N) is 1. The SMILES string of the molecule is CC(C)N(c1ccccc1)c1c2c(=O)n(C)c(=O)n(C3CCCC3)c2cn1Cc1ccc(C(N)=O)cc1. The fraction of sp³-hybridized carbons (Fsp3) is 0.345. The minimum Gasteiger partial charge on any atom is -0.366 e. The van der Waals surface area contributed by atoms with Crippen molar-refractivity contribution in [2.75, 3.05) is 4.90 Å². The molecule has 0 unspecified atom stereocenters. The molecule has 0 radical (unpaired) electrons. The molecule has 1 aliphatic rings. The molecule has 1 fully saturated rings. The van der Waals surface area contributed by atoms with E-state index in [4.69, 9.17) is 5.73 Å². The van der Waals surface area contributed by atoms with Gasteiger partial charge in [-0.2, -0.15) is 0 Å². The maximum atomic E-state index is 13.7. The topological polar surface area (TPSA) is 95.3 Å². The third-order valence-electron chi connectivity index (χ3n) is 7.36. The number of hydrogen-bond acceptors (Lipinski definition) is 4. The fourth-order valence-electron chi connectivity index (χ4n) is 5.56. The highest BCUT2D eigenvalue weighted by Gasteiger charge is 2.29. The van der Waals surface area contributed by atoms with Crippen molar-refractivity contribution in [2.24, 2.45) is 12.8 Å². The second-order valence-corrected chi connectivity index (χ2v) is 10.2. The Labute approximate surface area is 215 Å². The van der Waals surface area contributed by atoms with Crippen molar-refractivity contribution in [3.05, 3.63) is 92.8 Å². The van der Waals surface area contributed by atoms with Crippen LogP contribution in [0.3, 0.4) is 0 Å². The maximum absolute atomic E-state index is 13.7. The number of nitrogens with zero attached hydrogens (tertiary/aromatic N) is 4. The number of para-hydroxylation sites is 1. The smallest absolute Gasteiger partial charge is 0.331 e. The molecule has 0 atom stereocenters. The fourth-order valence-corrected chi connectivity index (χ4v) is 5.56. The van der Waals surface area contributed by atoms with Gasteiger partial charge in [0.2, 0.25) is 5.91 Å². The highest BCUT2D eigenvalue weighted by atomic mass is 16.2. The van der Waals surface area contributed by atoms with Crippen molar-refractivity contribution < 1.29 is 4.79 Å². The summed E-state index contributed by atoms with van der Waals surface area (Å²) in [7, 11) is 1.57. The number of benzene rings is 2. The van der Waals surface area contributed by atoms with Crippen LogP contribution >= 0.6 is 0 Å². The highest BCUT2D eigenvalue weighted by Crippen LogP contribution is 2.37. The molecule has 0 saturated heterocycles. The van der Waals surface area contributed by atoms with Gasteiger partial charge in [0.1, 0.15) is 11.2 Å². The van der Waals surface area contributed by atoms with E-state index in [2.05, 4.69) is 23.3 Å². The van der Waals surface area contributed by atoms with E-state index in [1.807, 2.05) is 53.2 Å². The largest absolute Gasteiger partial charge is 0.366 e. The van der Waals surface area contributed by atoms with E-state index in [0.29, 0.717) is 23.0 Å². The quantitative estimate of drug-likeness (QED) is 0.410. The van der Waals surface area contributed by atoms with Crippen molar-refractivity contribution in [1.82, 2.24) is 13.7 Å². The van der Waals surface area contributed by atoms with Crippen molar-refractivity contribution in [3.8, 4) is 0 Å². The Morgan fingerprint density at radius 3 is 2.27 bits per heavy atom. The summed E-state index contributed by atoms with van der Waals surface area (Å²) in [4.78, 5) is 40.9. The molecule has 2 N–H and O–H groups in total. The minimum atomic E-state index is -0.474. The van der Waals surface area contributed by atoms with Crippen LogP contribution in [0.2, 0.25) is 0 Å². The molecule has 2 aromatic heterocycles. The van der Waals surface area contributed by atoms with Crippen LogP contribution in [0.1, 0.15) is 61.5 Å². The summed E-state index contributed by atoms with van der Waals surface area (Å²) < 4.78 is 5.15. The number of carbonyl (C=O) groups is 1. The van der Waals surface area contributed by atoms with Crippen molar-refractivity contribution in [2.45, 2.75) is 58.2 Å². The van der Waals surface area contributed by atoms with Gasteiger partial charge in [-0.05, 0) is 56.5 Å². The third kappa shape index (κ3) is 4.37. The number of carbonyl (C=O) groups excluding carboxylic acids is 1. The second-order valence-electron chi connectivity index (χ2n) is 10.2. The number of aromatic nitrogens is 3. The number of hydrogen-bond donors (Lipinski definition) is 1. The lowest BCUT2D eigenvalue weighted by molar-refractivity contribution is 0.100.